The highest BCUT2D eigenvalue weighted by Gasteiger charge is 2.39. The minimum Gasteiger partial charge on any atom is -0.476 e. The maximum absolute atomic E-state index is 13.4. The first-order chi connectivity index (χ1) is 14.3. The number of hydrogen-bond donors (Lipinski definition) is 1. The lowest BCUT2D eigenvalue weighted by atomic mass is 9.81. The van der Waals surface area contributed by atoms with Gasteiger partial charge in [0.2, 0.25) is 0 Å². The molecule has 0 saturated carbocycles. The van der Waals surface area contributed by atoms with Crippen LogP contribution in [0.25, 0.3) is 0 Å². The molecule has 31 heavy (non-hydrogen) atoms. The molecule has 1 heterocycles. The number of sulfonamides is 1. The van der Waals surface area contributed by atoms with Gasteiger partial charge in [-0.15, -0.1) is 0 Å². The van der Waals surface area contributed by atoms with E-state index in [2.05, 4.69) is 26.1 Å². The van der Waals surface area contributed by atoms with Crippen molar-refractivity contribution in [3.63, 3.8) is 0 Å². The highest BCUT2D eigenvalue weighted by molar-refractivity contribution is 7.92. The zero-order chi connectivity index (χ0) is 23.0. The van der Waals surface area contributed by atoms with Crippen LogP contribution < -0.4 is 14.4 Å². The Morgan fingerprint density at radius 1 is 1.10 bits per heavy atom. The van der Waals surface area contributed by atoms with E-state index in [1.54, 1.807) is 24.3 Å². The van der Waals surface area contributed by atoms with Gasteiger partial charge in [-0.05, 0) is 62.1 Å². The molecular weight excluding hydrogens is 436 g/mol. The number of carbonyl (C=O) groups is 1. The van der Waals surface area contributed by atoms with Crippen LogP contribution in [0, 0.1) is 5.41 Å². The van der Waals surface area contributed by atoms with Crippen LogP contribution in [0.4, 0.5) is 5.69 Å². The Morgan fingerprint density at radius 2 is 1.71 bits per heavy atom. The standard InChI is InChI=1S/C23H29ClN2O4S/c1-22(2,3)15-23(4,5)25-21(27)20-14-26(18-8-6-7-9-19(18)30-20)31(28,29)17-12-10-16(24)11-13-17/h6-13,20H,14-15H2,1-5H3,(H,25,27)/t20-/m0/s1. The van der Waals surface area contributed by atoms with Crippen molar-refractivity contribution in [2.45, 2.75) is 57.6 Å². The lowest BCUT2D eigenvalue weighted by molar-refractivity contribution is -0.129. The van der Waals surface area contributed by atoms with Gasteiger partial charge in [0, 0.05) is 10.6 Å². The van der Waals surface area contributed by atoms with Gasteiger partial charge in [0.25, 0.3) is 15.9 Å². The lowest BCUT2D eigenvalue weighted by Gasteiger charge is -2.38. The monoisotopic (exact) mass is 464 g/mol. The lowest BCUT2D eigenvalue weighted by Crippen LogP contribution is -2.55. The number of nitrogens with zero attached hydrogens (tertiary/aromatic N) is 1. The van der Waals surface area contributed by atoms with Gasteiger partial charge in [0.15, 0.2) is 6.10 Å². The van der Waals surface area contributed by atoms with Crippen LogP contribution in [0.2, 0.25) is 5.02 Å². The Labute approximate surface area is 189 Å². The molecule has 0 unspecified atom stereocenters. The minimum absolute atomic E-state index is 0.0146. The summed E-state index contributed by atoms with van der Waals surface area (Å²) in [6.45, 7) is 10.1. The molecule has 0 spiro atoms. The maximum Gasteiger partial charge on any atom is 0.264 e. The number of hydrogen-bond acceptors (Lipinski definition) is 4. The second-order valence-corrected chi connectivity index (χ2v) is 12.0. The largest absolute Gasteiger partial charge is 0.476 e. The van der Waals surface area contributed by atoms with E-state index < -0.39 is 21.7 Å². The van der Waals surface area contributed by atoms with Gasteiger partial charge < -0.3 is 10.1 Å². The first kappa shape index (κ1) is 23.4. The van der Waals surface area contributed by atoms with E-state index in [1.165, 1.54) is 28.6 Å². The van der Waals surface area contributed by atoms with E-state index in [-0.39, 0.29) is 22.8 Å². The number of halogens is 1. The van der Waals surface area contributed by atoms with Gasteiger partial charge in [-0.2, -0.15) is 0 Å². The molecule has 3 rings (SSSR count). The van der Waals surface area contributed by atoms with Gasteiger partial charge >= 0.3 is 0 Å². The molecule has 1 N–H and O–H groups in total. The molecule has 1 aliphatic rings. The van der Waals surface area contributed by atoms with E-state index in [9.17, 15) is 13.2 Å². The highest BCUT2D eigenvalue weighted by Crippen LogP contribution is 2.37. The summed E-state index contributed by atoms with van der Waals surface area (Å²) in [5.41, 5.74) is -0.0634. The Hall–Kier alpha value is -2.25. The quantitative estimate of drug-likeness (QED) is 0.700. The molecule has 1 amide bonds. The van der Waals surface area contributed by atoms with Crippen LogP contribution in [0.1, 0.15) is 41.0 Å². The number of rotatable bonds is 5. The van der Waals surface area contributed by atoms with Crippen LogP contribution in [-0.4, -0.2) is 32.5 Å². The number of fused-ring (bicyclic) bond motifs is 1. The smallest absolute Gasteiger partial charge is 0.264 e. The van der Waals surface area contributed by atoms with Crippen LogP contribution in [-0.2, 0) is 14.8 Å². The summed E-state index contributed by atoms with van der Waals surface area (Å²) in [5, 5.41) is 3.47. The van der Waals surface area contributed by atoms with Crippen molar-refractivity contribution in [1.82, 2.24) is 5.32 Å². The Balaban J connectivity index is 1.91. The first-order valence-corrected chi connectivity index (χ1v) is 12.0. The minimum atomic E-state index is -3.92. The van der Waals surface area contributed by atoms with Crippen LogP contribution >= 0.6 is 11.6 Å². The molecule has 0 bridgehead atoms. The van der Waals surface area contributed by atoms with Crippen molar-refractivity contribution in [2.24, 2.45) is 5.41 Å². The summed E-state index contributed by atoms with van der Waals surface area (Å²) in [6, 6.07) is 12.8. The predicted octanol–water partition coefficient (Wildman–Crippen LogP) is 4.63. The van der Waals surface area contributed by atoms with E-state index in [0.29, 0.717) is 16.5 Å². The molecule has 168 valence electrons. The van der Waals surface area contributed by atoms with E-state index in [1.807, 2.05) is 13.8 Å². The molecule has 6 nitrogen and oxygen atoms in total. The van der Waals surface area contributed by atoms with Gasteiger partial charge in [0.1, 0.15) is 5.75 Å². The average molecular weight is 465 g/mol. The van der Waals surface area contributed by atoms with Gasteiger partial charge in [0.05, 0.1) is 17.1 Å². The number of nitrogens with one attached hydrogen (secondary N) is 1. The van der Waals surface area contributed by atoms with E-state index in [0.717, 1.165) is 6.42 Å². The molecular formula is C23H29ClN2O4S. The number of amides is 1. The van der Waals surface area contributed by atoms with Crippen molar-refractivity contribution in [2.75, 3.05) is 10.8 Å². The third-order valence-electron chi connectivity index (χ3n) is 4.86. The van der Waals surface area contributed by atoms with Crippen molar-refractivity contribution < 1.29 is 17.9 Å². The molecule has 2 aromatic carbocycles. The summed E-state index contributed by atoms with van der Waals surface area (Å²) >= 11 is 5.92. The van der Waals surface area contributed by atoms with Gasteiger partial charge in [-0.1, -0.05) is 44.5 Å². The predicted molar refractivity (Wildman–Crippen MR) is 123 cm³/mol. The van der Waals surface area contributed by atoms with E-state index >= 15 is 0 Å². The number of para-hydroxylation sites is 2. The van der Waals surface area contributed by atoms with Crippen molar-refractivity contribution >= 4 is 33.2 Å². The normalized spacial score (nSPS) is 17.0. The van der Waals surface area contributed by atoms with Gasteiger partial charge in [-0.3, -0.25) is 9.10 Å². The summed E-state index contributed by atoms with van der Waals surface area (Å²) < 4.78 is 33.9. The molecule has 0 aliphatic carbocycles. The molecule has 0 radical (unpaired) electrons. The second kappa shape index (κ2) is 8.36. The van der Waals surface area contributed by atoms with Crippen LogP contribution in [0.3, 0.4) is 0 Å². The van der Waals surface area contributed by atoms with E-state index in [4.69, 9.17) is 16.3 Å². The average Bonchev–Trinajstić information content (AvgIpc) is 2.65. The zero-order valence-corrected chi connectivity index (χ0v) is 20.0. The molecule has 0 fully saturated rings. The fraction of sp³-hybridized carbons (Fsp3) is 0.435. The molecule has 1 atom stereocenters. The number of anilines is 1. The highest BCUT2D eigenvalue weighted by atomic mass is 35.5. The molecule has 0 aromatic heterocycles. The molecule has 2 aromatic rings. The fourth-order valence-electron chi connectivity index (χ4n) is 4.08. The summed E-state index contributed by atoms with van der Waals surface area (Å²) in [4.78, 5) is 13.2. The van der Waals surface area contributed by atoms with Crippen LogP contribution in [0.5, 0.6) is 5.75 Å². The maximum atomic E-state index is 13.4. The van der Waals surface area contributed by atoms with Crippen molar-refractivity contribution in [1.29, 1.82) is 0 Å². The molecule has 1 aliphatic heterocycles. The third-order valence-corrected chi connectivity index (χ3v) is 6.91. The summed E-state index contributed by atoms with van der Waals surface area (Å²) in [7, 11) is -3.92. The molecule has 8 heteroatoms. The Kier molecular flexibility index (Phi) is 6.31. The van der Waals surface area contributed by atoms with Crippen molar-refractivity contribution in [3.8, 4) is 5.75 Å². The number of ether oxygens (including phenoxy) is 1. The molecule has 0 saturated heterocycles. The van der Waals surface area contributed by atoms with Crippen molar-refractivity contribution in [3.05, 3.63) is 53.6 Å². The summed E-state index contributed by atoms with van der Waals surface area (Å²) in [6.07, 6.45) is -0.224. The second-order valence-electron chi connectivity index (χ2n) is 9.67. The first-order valence-electron chi connectivity index (χ1n) is 10.1. The number of benzene rings is 2. The van der Waals surface area contributed by atoms with Crippen LogP contribution in [0.15, 0.2) is 53.4 Å². The summed E-state index contributed by atoms with van der Waals surface area (Å²) in [5.74, 6) is 0.000116. The SMILES string of the molecule is CC(C)(C)CC(C)(C)NC(=O)[C@@H]1CN(S(=O)(=O)c2ccc(Cl)cc2)c2ccccc2O1. The van der Waals surface area contributed by atoms with Gasteiger partial charge in [-0.25, -0.2) is 8.42 Å². The topological polar surface area (TPSA) is 75.7 Å². The number of carbonyl (C=O) groups excluding carboxylic acids is 1. The zero-order valence-electron chi connectivity index (χ0n) is 18.5. The Bertz CT molecular complexity index is 1060. The fourth-order valence-corrected chi connectivity index (χ4v) is 5.69. The third kappa shape index (κ3) is 5.52. The Morgan fingerprint density at radius 3 is 2.32 bits per heavy atom.